The molecule has 4 rings (SSSR count). The van der Waals surface area contributed by atoms with E-state index in [-0.39, 0.29) is 6.03 Å². The molecule has 2 fully saturated rings. The van der Waals surface area contributed by atoms with Crippen molar-refractivity contribution in [1.82, 2.24) is 14.9 Å². The zero-order chi connectivity index (χ0) is 18.8. The molecule has 0 bridgehead atoms. The molecule has 1 aromatic heterocycles. The van der Waals surface area contributed by atoms with Gasteiger partial charge in [0.05, 0.1) is 0 Å². The lowest BCUT2D eigenvalue weighted by molar-refractivity contribution is 0.200. The van der Waals surface area contributed by atoms with E-state index in [1.807, 2.05) is 53.4 Å². The molecule has 1 saturated carbocycles. The molecule has 0 N–H and O–H groups in total. The molecule has 1 aliphatic carbocycles. The van der Waals surface area contributed by atoms with E-state index in [0.717, 1.165) is 36.8 Å². The lowest BCUT2D eigenvalue weighted by Gasteiger charge is -2.37. The SMILES string of the molecule is Cc1cnc(N2CCN(C(=O)N(CC3CC3)c3ccc(Cl)cc3)CC2)nc1. The van der Waals surface area contributed by atoms with Crippen LogP contribution < -0.4 is 9.80 Å². The highest BCUT2D eigenvalue weighted by atomic mass is 35.5. The fraction of sp³-hybridized carbons (Fsp3) is 0.450. The molecular formula is C20H24ClN5O. The summed E-state index contributed by atoms with van der Waals surface area (Å²) in [5.41, 5.74) is 1.96. The smallest absolute Gasteiger partial charge is 0.324 e. The Morgan fingerprint density at radius 2 is 1.74 bits per heavy atom. The number of anilines is 2. The van der Waals surface area contributed by atoms with Crippen LogP contribution in [0, 0.1) is 12.8 Å². The first kappa shape index (κ1) is 18.0. The van der Waals surface area contributed by atoms with Crippen molar-refractivity contribution >= 4 is 29.3 Å². The number of benzene rings is 1. The fourth-order valence-corrected chi connectivity index (χ4v) is 3.42. The van der Waals surface area contributed by atoms with Crippen molar-refractivity contribution in [2.75, 3.05) is 42.5 Å². The van der Waals surface area contributed by atoms with E-state index in [9.17, 15) is 4.79 Å². The predicted molar refractivity (Wildman–Crippen MR) is 107 cm³/mol. The summed E-state index contributed by atoms with van der Waals surface area (Å²) in [6.07, 6.45) is 6.07. The summed E-state index contributed by atoms with van der Waals surface area (Å²) >= 11 is 6.02. The quantitative estimate of drug-likeness (QED) is 0.806. The Kier molecular flexibility index (Phi) is 5.16. The Hall–Kier alpha value is -2.34. The van der Waals surface area contributed by atoms with Crippen molar-refractivity contribution in [3.8, 4) is 0 Å². The van der Waals surface area contributed by atoms with Gasteiger partial charge in [-0.25, -0.2) is 14.8 Å². The van der Waals surface area contributed by atoms with Crippen LogP contribution in [0.25, 0.3) is 0 Å². The highest BCUT2D eigenvalue weighted by Crippen LogP contribution is 2.32. The summed E-state index contributed by atoms with van der Waals surface area (Å²) in [5.74, 6) is 1.35. The van der Waals surface area contributed by atoms with Crippen molar-refractivity contribution in [3.05, 3.63) is 47.2 Å². The minimum atomic E-state index is 0.0775. The molecule has 1 saturated heterocycles. The molecule has 1 aliphatic heterocycles. The Bertz CT molecular complexity index is 783. The number of urea groups is 1. The molecule has 2 heterocycles. The number of hydrogen-bond acceptors (Lipinski definition) is 4. The zero-order valence-corrected chi connectivity index (χ0v) is 16.3. The second-order valence-corrected chi connectivity index (χ2v) is 7.78. The van der Waals surface area contributed by atoms with Crippen molar-refractivity contribution in [2.45, 2.75) is 19.8 Å². The molecule has 0 unspecified atom stereocenters. The second kappa shape index (κ2) is 7.72. The number of piperazine rings is 1. The Morgan fingerprint density at radius 3 is 2.33 bits per heavy atom. The highest BCUT2D eigenvalue weighted by molar-refractivity contribution is 6.30. The van der Waals surface area contributed by atoms with E-state index in [2.05, 4.69) is 14.9 Å². The maximum absolute atomic E-state index is 13.2. The van der Waals surface area contributed by atoms with Gasteiger partial charge in [-0.1, -0.05) is 11.6 Å². The summed E-state index contributed by atoms with van der Waals surface area (Å²) in [4.78, 5) is 28.0. The molecule has 0 spiro atoms. The lowest BCUT2D eigenvalue weighted by Crippen LogP contribution is -2.53. The maximum Gasteiger partial charge on any atom is 0.324 e. The first-order valence-electron chi connectivity index (χ1n) is 9.46. The Labute approximate surface area is 164 Å². The van der Waals surface area contributed by atoms with E-state index in [0.29, 0.717) is 24.0 Å². The fourth-order valence-electron chi connectivity index (χ4n) is 3.29. The molecule has 7 heteroatoms. The topological polar surface area (TPSA) is 52.6 Å². The van der Waals surface area contributed by atoms with Crippen molar-refractivity contribution in [1.29, 1.82) is 0 Å². The first-order valence-corrected chi connectivity index (χ1v) is 9.83. The van der Waals surface area contributed by atoms with Crippen LogP contribution in [0.5, 0.6) is 0 Å². The van der Waals surface area contributed by atoms with Crippen LogP contribution in [0.3, 0.4) is 0 Å². The maximum atomic E-state index is 13.2. The molecule has 2 aromatic rings. The second-order valence-electron chi connectivity index (χ2n) is 7.35. The molecule has 1 aromatic carbocycles. The largest absolute Gasteiger partial charge is 0.337 e. The van der Waals surface area contributed by atoms with Gasteiger partial charge in [0.2, 0.25) is 5.95 Å². The van der Waals surface area contributed by atoms with Gasteiger partial charge in [-0.15, -0.1) is 0 Å². The van der Waals surface area contributed by atoms with Gasteiger partial charge in [-0.3, -0.25) is 4.90 Å². The normalized spacial score (nSPS) is 17.1. The monoisotopic (exact) mass is 385 g/mol. The number of carbonyl (C=O) groups excluding carboxylic acids is 1. The van der Waals surface area contributed by atoms with Crippen LogP contribution in [-0.4, -0.2) is 53.6 Å². The van der Waals surface area contributed by atoms with E-state index < -0.39 is 0 Å². The molecule has 0 radical (unpaired) electrons. The third-order valence-corrected chi connectivity index (χ3v) is 5.36. The highest BCUT2D eigenvalue weighted by Gasteiger charge is 2.31. The number of hydrogen-bond donors (Lipinski definition) is 0. The van der Waals surface area contributed by atoms with Gasteiger partial charge in [0.1, 0.15) is 0 Å². The average molecular weight is 386 g/mol. The molecule has 0 atom stereocenters. The summed E-state index contributed by atoms with van der Waals surface area (Å²) in [6, 6.07) is 7.62. The van der Waals surface area contributed by atoms with Crippen molar-refractivity contribution in [3.63, 3.8) is 0 Å². The van der Waals surface area contributed by atoms with Gasteiger partial charge in [0.15, 0.2) is 0 Å². The van der Waals surface area contributed by atoms with Crippen LogP contribution in [0.1, 0.15) is 18.4 Å². The first-order chi connectivity index (χ1) is 13.1. The van der Waals surface area contributed by atoms with Gasteiger partial charge in [0.25, 0.3) is 0 Å². The molecule has 2 aliphatic rings. The van der Waals surface area contributed by atoms with Gasteiger partial charge >= 0.3 is 6.03 Å². The summed E-state index contributed by atoms with van der Waals surface area (Å²) < 4.78 is 0. The van der Waals surface area contributed by atoms with E-state index in [4.69, 9.17) is 11.6 Å². The lowest BCUT2D eigenvalue weighted by atomic mass is 10.2. The summed E-state index contributed by atoms with van der Waals surface area (Å²) in [7, 11) is 0. The van der Waals surface area contributed by atoms with Gasteiger partial charge in [-0.05, 0) is 55.5 Å². The van der Waals surface area contributed by atoms with Crippen LogP contribution in [0.15, 0.2) is 36.7 Å². The van der Waals surface area contributed by atoms with Crippen LogP contribution in [0.2, 0.25) is 5.02 Å². The summed E-state index contributed by atoms with van der Waals surface area (Å²) in [5, 5.41) is 0.685. The van der Waals surface area contributed by atoms with E-state index in [1.54, 1.807) is 0 Å². The third-order valence-electron chi connectivity index (χ3n) is 5.11. The molecule has 27 heavy (non-hydrogen) atoms. The minimum absolute atomic E-state index is 0.0775. The molecule has 6 nitrogen and oxygen atoms in total. The van der Waals surface area contributed by atoms with Crippen LogP contribution in [-0.2, 0) is 0 Å². The average Bonchev–Trinajstić information content (AvgIpc) is 3.51. The molecule has 142 valence electrons. The molecular weight excluding hydrogens is 362 g/mol. The predicted octanol–water partition coefficient (Wildman–Crippen LogP) is 3.60. The summed E-state index contributed by atoms with van der Waals surface area (Å²) in [6.45, 7) is 5.59. The van der Waals surface area contributed by atoms with Crippen molar-refractivity contribution in [2.24, 2.45) is 5.92 Å². The van der Waals surface area contributed by atoms with E-state index >= 15 is 0 Å². The third kappa shape index (κ3) is 4.33. The number of nitrogens with zero attached hydrogens (tertiary/aromatic N) is 5. The van der Waals surface area contributed by atoms with E-state index in [1.165, 1.54) is 12.8 Å². The van der Waals surface area contributed by atoms with Crippen molar-refractivity contribution < 1.29 is 4.79 Å². The number of aryl methyl sites for hydroxylation is 1. The molecule has 2 amide bonds. The number of rotatable bonds is 4. The number of halogens is 1. The standard InChI is InChI=1S/C20H24ClN5O/c1-15-12-22-19(23-13-15)24-8-10-25(11-9-24)20(27)26(14-16-2-3-16)18-6-4-17(21)5-7-18/h4-7,12-13,16H,2-3,8-11,14H2,1H3. The van der Waals surface area contributed by atoms with Crippen LogP contribution in [0.4, 0.5) is 16.4 Å². The number of amides is 2. The number of carbonyl (C=O) groups is 1. The van der Waals surface area contributed by atoms with Gasteiger partial charge in [-0.2, -0.15) is 0 Å². The Morgan fingerprint density at radius 1 is 1.11 bits per heavy atom. The van der Waals surface area contributed by atoms with Gasteiger partial charge < -0.3 is 9.80 Å². The minimum Gasteiger partial charge on any atom is -0.337 e. The van der Waals surface area contributed by atoms with Gasteiger partial charge in [0, 0.05) is 55.8 Å². The zero-order valence-electron chi connectivity index (χ0n) is 15.5. The number of aromatic nitrogens is 2. The Balaban J connectivity index is 1.43. The van der Waals surface area contributed by atoms with Crippen LogP contribution >= 0.6 is 11.6 Å².